The van der Waals surface area contributed by atoms with E-state index in [1.165, 1.54) is 11.8 Å². The van der Waals surface area contributed by atoms with E-state index in [2.05, 4.69) is 4.99 Å². The maximum Gasteiger partial charge on any atom is 0.229 e. The molecule has 1 saturated heterocycles. The minimum atomic E-state index is -1.19. The summed E-state index contributed by atoms with van der Waals surface area (Å²) in [5.41, 5.74) is -0.632. The molecule has 0 radical (unpaired) electrons. The van der Waals surface area contributed by atoms with E-state index in [0.29, 0.717) is 18.1 Å². The number of hydrogen-bond acceptors (Lipinski definition) is 7. The van der Waals surface area contributed by atoms with Crippen molar-refractivity contribution < 1.29 is 24.9 Å². The molecule has 2 heterocycles. The highest BCUT2D eigenvalue weighted by molar-refractivity contribution is 8.14. The number of fused-ring (bicyclic) bond motifs is 1. The average Bonchev–Trinajstić information content (AvgIpc) is 2.85. The van der Waals surface area contributed by atoms with Crippen molar-refractivity contribution in [3.05, 3.63) is 0 Å². The Hall–Kier alpha value is -0.670. The number of amidine groups is 1. The van der Waals surface area contributed by atoms with Crippen LogP contribution in [0.4, 0.5) is 0 Å². The molecule has 0 bridgehead atoms. The molecular weight excluding hydrogens is 320 g/mol. The first kappa shape index (κ1) is 18.7. The second kappa shape index (κ2) is 7.06. The fraction of sp³-hybridized carbons (Fsp3) is 0.867. The molecule has 0 aliphatic carbocycles. The van der Waals surface area contributed by atoms with Crippen molar-refractivity contribution in [1.82, 2.24) is 4.90 Å². The summed E-state index contributed by atoms with van der Waals surface area (Å²) >= 11 is 1.26. The summed E-state index contributed by atoms with van der Waals surface area (Å²) in [5.74, 6) is -0.0290. The molecule has 0 saturated carbocycles. The number of nitrogens with zero attached hydrogens (tertiary/aromatic N) is 2. The van der Waals surface area contributed by atoms with Crippen molar-refractivity contribution in [1.29, 1.82) is 0 Å². The van der Waals surface area contributed by atoms with Crippen molar-refractivity contribution in [3.8, 4) is 0 Å². The lowest BCUT2D eigenvalue weighted by molar-refractivity contribution is -0.164. The molecule has 2 aliphatic rings. The summed E-state index contributed by atoms with van der Waals surface area (Å²) in [7, 11) is 0. The van der Waals surface area contributed by atoms with Crippen molar-refractivity contribution in [2.24, 2.45) is 10.4 Å². The third-order valence-electron chi connectivity index (χ3n) is 3.86. The Bertz CT molecular complexity index is 479. The van der Waals surface area contributed by atoms with Crippen LogP contribution in [0.5, 0.6) is 0 Å². The Morgan fingerprint density at radius 1 is 1.35 bits per heavy atom. The van der Waals surface area contributed by atoms with Crippen LogP contribution in [0.3, 0.4) is 0 Å². The quantitative estimate of drug-likeness (QED) is 0.674. The Kier molecular flexibility index (Phi) is 5.73. The highest BCUT2D eigenvalue weighted by Crippen LogP contribution is 2.37. The Labute approximate surface area is 140 Å². The molecule has 3 N–H and O–H groups in total. The first-order valence-corrected chi connectivity index (χ1v) is 8.73. The van der Waals surface area contributed by atoms with Crippen LogP contribution in [0.15, 0.2) is 4.99 Å². The van der Waals surface area contributed by atoms with E-state index >= 15 is 0 Å². The number of aliphatic hydroxyl groups is 3. The Morgan fingerprint density at radius 2 is 2.00 bits per heavy atom. The van der Waals surface area contributed by atoms with Gasteiger partial charge in [-0.25, -0.2) is 0 Å². The summed E-state index contributed by atoms with van der Waals surface area (Å²) in [6.45, 7) is 7.96. The SMILES string of the molecule is CCN(C(=O)CC(C)(C)C)C1=N[C@@H]2[C@@H](O)[C@H](O)[C@@H](CO)O[C@@H]2S1. The lowest BCUT2D eigenvalue weighted by atomic mass is 9.92. The summed E-state index contributed by atoms with van der Waals surface area (Å²) in [6, 6.07) is -0.635. The molecule has 5 atom stereocenters. The molecule has 0 aromatic rings. The first-order valence-electron chi connectivity index (χ1n) is 7.85. The van der Waals surface area contributed by atoms with Crippen molar-refractivity contribution in [2.75, 3.05) is 13.2 Å². The summed E-state index contributed by atoms with van der Waals surface area (Å²) in [6.07, 6.45) is -2.76. The fourth-order valence-electron chi connectivity index (χ4n) is 2.66. The third-order valence-corrected chi connectivity index (χ3v) is 5.02. The maximum atomic E-state index is 12.5. The van der Waals surface area contributed by atoms with Gasteiger partial charge >= 0.3 is 0 Å². The number of thioether (sulfide) groups is 1. The third kappa shape index (κ3) is 4.06. The molecule has 23 heavy (non-hydrogen) atoms. The highest BCUT2D eigenvalue weighted by Gasteiger charge is 2.49. The molecule has 132 valence electrons. The lowest BCUT2D eigenvalue weighted by Gasteiger charge is -2.37. The van der Waals surface area contributed by atoms with E-state index in [9.17, 15) is 20.1 Å². The first-order chi connectivity index (χ1) is 10.7. The van der Waals surface area contributed by atoms with Crippen molar-refractivity contribution in [3.63, 3.8) is 0 Å². The van der Waals surface area contributed by atoms with Gasteiger partial charge in [0.15, 0.2) is 5.17 Å². The average molecular weight is 346 g/mol. The summed E-state index contributed by atoms with van der Waals surface area (Å²) < 4.78 is 5.60. The van der Waals surface area contributed by atoms with E-state index in [4.69, 9.17) is 4.74 Å². The predicted molar refractivity (Wildman–Crippen MR) is 88.0 cm³/mol. The molecule has 1 fully saturated rings. The van der Waals surface area contributed by atoms with Crippen LogP contribution in [-0.2, 0) is 9.53 Å². The Balaban J connectivity index is 2.14. The number of amides is 1. The van der Waals surface area contributed by atoms with Gasteiger partial charge in [-0.2, -0.15) is 0 Å². The van der Waals surface area contributed by atoms with Gasteiger partial charge in [-0.15, -0.1) is 0 Å². The monoisotopic (exact) mass is 346 g/mol. The van der Waals surface area contributed by atoms with Gasteiger partial charge in [0.05, 0.1) is 6.61 Å². The maximum absolute atomic E-state index is 12.5. The topological polar surface area (TPSA) is 103 Å². The zero-order valence-corrected chi connectivity index (χ0v) is 14.8. The molecule has 8 heteroatoms. The largest absolute Gasteiger partial charge is 0.394 e. The molecule has 0 spiro atoms. The molecule has 0 unspecified atom stereocenters. The highest BCUT2D eigenvalue weighted by atomic mass is 32.2. The number of carbonyl (C=O) groups is 1. The lowest BCUT2D eigenvalue weighted by Crippen LogP contribution is -2.55. The van der Waals surface area contributed by atoms with Gasteiger partial charge in [-0.1, -0.05) is 32.5 Å². The van der Waals surface area contributed by atoms with Crippen LogP contribution < -0.4 is 0 Å². The summed E-state index contributed by atoms with van der Waals surface area (Å²) in [4.78, 5) is 18.5. The molecule has 0 aromatic heterocycles. The van der Waals surface area contributed by atoms with Crippen LogP contribution in [-0.4, -0.2) is 74.2 Å². The van der Waals surface area contributed by atoms with Gasteiger partial charge in [-0.05, 0) is 12.3 Å². The van der Waals surface area contributed by atoms with E-state index < -0.39 is 29.8 Å². The van der Waals surface area contributed by atoms with Crippen LogP contribution in [0, 0.1) is 5.41 Å². The van der Waals surface area contributed by atoms with Crippen LogP contribution in [0.1, 0.15) is 34.1 Å². The molecule has 2 rings (SSSR count). The van der Waals surface area contributed by atoms with Crippen molar-refractivity contribution in [2.45, 2.75) is 63.9 Å². The zero-order chi connectivity index (χ0) is 17.4. The van der Waals surface area contributed by atoms with E-state index in [1.807, 2.05) is 27.7 Å². The molecular formula is C15H26N2O5S. The van der Waals surface area contributed by atoms with E-state index in [0.717, 1.165) is 0 Å². The standard InChI is InChI=1S/C15H26N2O5S/c1-5-17(9(19)6-15(2,3)4)14-16-10-12(21)11(20)8(7-18)22-13(10)23-14/h8,10-13,18,20-21H,5-7H2,1-4H3/t8-,10-,11-,12-,13-/m1/s1. The smallest absolute Gasteiger partial charge is 0.229 e. The minimum Gasteiger partial charge on any atom is -0.394 e. The zero-order valence-electron chi connectivity index (χ0n) is 14.0. The van der Waals surface area contributed by atoms with Gasteiger partial charge in [0.1, 0.15) is 29.8 Å². The van der Waals surface area contributed by atoms with Crippen molar-refractivity contribution >= 4 is 22.8 Å². The fourth-order valence-corrected chi connectivity index (χ4v) is 3.97. The minimum absolute atomic E-state index is 0.0290. The van der Waals surface area contributed by atoms with E-state index in [1.54, 1.807) is 4.90 Å². The van der Waals surface area contributed by atoms with Crippen LogP contribution >= 0.6 is 11.8 Å². The van der Waals surface area contributed by atoms with Crippen LogP contribution in [0.25, 0.3) is 0 Å². The summed E-state index contributed by atoms with van der Waals surface area (Å²) in [5, 5.41) is 29.8. The molecule has 7 nitrogen and oxygen atoms in total. The molecule has 0 aromatic carbocycles. The molecule has 1 amide bonds. The van der Waals surface area contributed by atoms with Gasteiger partial charge in [-0.3, -0.25) is 14.7 Å². The van der Waals surface area contributed by atoms with Gasteiger partial charge in [0.2, 0.25) is 5.91 Å². The second-order valence-corrected chi connectivity index (χ2v) is 8.17. The predicted octanol–water partition coefficient (Wildman–Crippen LogP) is 0.181. The number of aliphatic imine (C=N–C) groups is 1. The van der Waals surface area contributed by atoms with E-state index in [-0.39, 0.29) is 17.9 Å². The Morgan fingerprint density at radius 3 is 2.52 bits per heavy atom. The number of hydrogen-bond donors (Lipinski definition) is 3. The number of carbonyl (C=O) groups excluding carboxylic acids is 1. The van der Waals surface area contributed by atoms with Gasteiger partial charge in [0, 0.05) is 13.0 Å². The second-order valence-electron chi connectivity index (χ2n) is 7.10. The normalized spacial score (nSPS) is 34.0. The number of rotatable bonds is 3. The number of ether oxygens (including phenoxy) is 1. The molecule has 2 aliphatic heterocycles. The number of aliphatic hydroxyl groups excluding tert-OH is 3. The van der Waals surface area contributed by atoms with Gasteiger partial charge in [0.25, 0.3) is 0 Å². The van der Waals surface area contributed by atoms with Gasteiger partial charge < -0.3 is 20.1 Å². The van der Waals surface area contributed by atoms with Crippen LogP contribution in [0.2, 0.25) is 0 Å².